The molecule has 0 aliphatic carbocycles. The minimum atomic E-state index is 0.517. The van der Waals surface area contributed by atoms with Crippen molar-refractivity contribution in [1.29, 1.82) is 5.26 Å². The third-order valence-electron chi connectivity index (χ3n) is 3.50. The first kappa shape index (κ1) is 17.8. The molecule has 2 rings (SSSR count). The fourth-order valence-electron chi connectivity index (χ4n) is 2.29. The van der Waals surface area contributed by atoms with Crippen LogP contribution in [-0.2, 0) is 6.54 Å². The van der Waals surface area contributed by atoms with Gasteiger partial charge in [0.1, 0.15) is 0 Å². The number of nitriles is 1. The van der Waals surface area contributed by atoms with E-state index in [9.17, 15) is 0 Å². The number of thioether (sulfide) groups is 1. The highest BCUT2D eigenvalue weighted by Crippen LogP contribution is 2.26. The van der Waals surface area contributed by atoms with Crippen molar-refractivity contribution in [3.05, 3.63) is 29.3 Å². The van der Waals surface area contributed by atoms with E-state index in [2.05, 4.69) is 27.8 Å². The van der Waals surface area contributed by atoms with Gasteiger partial charge in [-0.1, -0.05) is 49.5 Å². The van der Waals surface area contributed by atoms with Gasteiger partial charge in [0.2, 0.25) is 0 Å². The Morgan fingerprint density at radius 3 is 2.65 bits per heavy atom. The molecule has 0 aliphatic heterocycles. The van der Waals surface area contributed by atoms with Crippen molar-refractivity contribution < 1.29 is 0 Å². The second-order valence-electron chi connectivity index (χ2n) is 5.28. The Kier molecular flexibility index (Phi) is 7.44. The Morgan fingerprint density at radius 2 is 1.96 bits per heavy atom. The molecular weight excluding hydrogens is 328 g/mol. The van der Waals surface area contributed by atoms with E-state index in [1.54, 1.807) is 11.8 Å². The van der Waals surface area contributed by atoms with Crippen LogP contribution in [0.1, 0.15) is 39.0 Å². The highest BCUT2D eigenvalue weighted by Gasteiger charge is 2.14. The minimum Gasteiger partial charge on any atom is -0.302 e. The summed E-state index contributed by atoms with van der Waals surface area (Å²) >= 11 is 7.56. The lowest BCUT2D eigenvalue weighted by Gasteiger charge is -2.10. The second kappa shape index (κ2) is 9.59. The molecule has 122 valence electrons. The largest absolute Gasteiger partial charge is 0.302 e. The second-order valence-corrected chi connectivity index (χ2v) is 6.78. The van der Waals surface area contributed by atoms with Crippen LogP contribution >= 0.6 is 23.4 Å². The number of hydrogen-bond acceptors (Lipinski definition) is 4. The van der Waals surface area contributed by atoms with Gasteiger partial charge in [0.05, 0.1) is 6.07 Å². The molecule has 0 saturated carbocycles. The van der Waals surface area contributed by atoms with Crippen molar-refractivity contribution in [3.8, 4) is 17.5 Å². The van der Waals surface area contributed by atoms with Crippen molar-refractivity contribution >= 4 is 23.4 Å². The molecule has 0 unspecified atom stereocenters. The molecule has 2 aromatic rings. The molecule has 6 heteroatoms. The van der Waals surface area contributed by atoms with Crippen LogP contribution in [0.15, 0.2) is 29.4 Å². The molecule has 0 atom stereocenters. The lowest BCUT2D eigenvalue weighted by atomic mass is 10.2. The third kappa shape index (κ3) is 5.26. The normalized spacial score (nSPS) is 10.7. The summed E-state index contributed by atoms with van der Waals surface area (Å²) in [6, 6.07) is 9.85. The van der Waals surface area contributed by atoms with Gasteiger partial charge in [0.15, 0.2) is 11.0 Å². The van der Waals surface area contributed by atoms with Gasteiger partial charge in [-0.05, 0) is 30.7 Å². The van der Waals surface area contributed by atoms with Crippen molar-refractivity contribution in [1.82, 2.24) is 14.8 Å². The Hall–Kier alpha value is -1.51. The molecule has 0 bridgehead atoms. The monoisotopic (exact) mass is 348 g/mol. The Balaban J connectivity index is 2.18. The molecule has 0 saturated heterocycles. The van der Waals surface area contributed by atoms with Gasteiger partial charge < -0.3 is 4.57 Å². The Labute approximate surface area is 146 Å². The maximum absolute atomic E-state index is 8.70. The van der Waals surface area contributed by atoms with Crippen LogP contribution in [0.2, 0.25) is 5.02 Å². The number of nitrogens with zero attached hydrogens (tertiary/aromatic N) is 4. The summed E-state index contributed by atoms with van der Waals surface area (Å²) in [5, 5.41) is 19.0. The van der Waals surface area contributed by atoms with Crippen LogP contribution in [0, 0.1) is 11.3 Å². The summed E-state index contributed by atoms with van der Waals surface area (Å²) in [4.78, 5) is 0. The van der Waals surface area contributed by atoms with E-state index >= 15 is 0 Å². The third-order valence-corrected chi connectivity index (χ3v) is 4.72. The molecular formula is C17H21ClN4S. The highest BCUT2D eigenvalue weighted by molar-refractivity contribution is 7.99. The molecule has 1 heterocycles. The number of unbranched alkanes of at least 4 members (excludes halogenated alkanes) is 3. The highest BCUT2D eigenvalue weighted by atomic mass is 35.5. The number of halogens is 1. The van der Waals surface area contributed by atoms with Crippen LogP contribution in [0.4, 0.5) is 0 Å². The molecule has 1 aromatic carbocycles. The zero-order chi connectivity index (χ0) is 16.5. The van der Waals surface area contributed by atoms with E-state index in [0.717, 1.165) is 35.3 Å². The summed E-state index contributed by atoms with van der Waals surface area (Å²) < 4.78 is 2.17. The zero-order valence-electron chi connectivity index (χ0n) is 13.3. The van der Waals surface area contributed by atoms with Crippen LogP contribution < -0.4 is 0 Å². The van der Waals surface area contributed by atoms with Gasteiger partial charge in [-0.2, -0.15) is 5.26 Å². The molecule has 4 nitrogen and oxygen atoms in total. The summed E-state index contributed by atoms with van der Waals surface area (Å²) in [6.07, 6.45) is 5.30. The van der Waals surface area contributed by atoms with Gasteiger partial charge in [-0.3, -0.25) is 0 Å². The van der Waals surface area contributed by atoms with Crippen LogP contribution in [0.25, 0.3) is 11.4 Å². The Morgan fingerprint density at radius 1 is 1.17 bits per heavy atom. The Bertz CT molecular complexity index is 646. The topological polar surface area (TPSA) is 54.5 Å². The molecule has 0 fully saturated rings. The summed E-state index contributed by atoms with van der Waals surface area (Å²) in [5.41, 5.74) is 1.02. The van der Waals surface area contributed by atoms with Gasteiger partial charge in [0.25, 0.3) is 0 Å². The lowest BCUT2D eigenvalue weighted by molar-refractivity contribution is 0.556. The van der Waals surface area contributed by atoms with Crippen LogP contribution in [-0.4, -0.2) is 20.5 Å². The minimum absolute atomic E-state index is 0.517. The molecule has 0 radical (unpaired) electrons. The predicted molar refractivity (Wildman–Crippen MR) is 95.6 cm³/mol. The predicted octanol–water partition coefficient (Wildman–Crippen LogP) is 5.18. The first-order chi connectivity index (χ1) is 11.3. The number of aromatic nitrogens is 3. The van der Waals surface area contributed by atoms with Crippen molar-refractivity contribution in [2.45, 2.75) is 50.7 Å². The molecule has 1 aromatic heterocycles. The first-order valence-electron chi connectivity index (χ1n) is 7.95. The van der Waals surface area contributed by atoms with Gasteiger partial charge in [0, 0.05) is 29.3 Å². The fourth-order valence-corrected chi connectivity index (χ4v) is 3.23. The molecule has 0 N–H and O–H groups in total. The smallest absolute Gasteiger partial charge is 0.191 e. The van der Waals surface area contributed by atoms with E-state index in [-0.39, 0.29) is 0 Å². The first-order valence-corrected chi connectivity index (χ1v) is 9.31. The van der Waals surface area contributed by atoms with Crippen molar-refractivity contribution in [2.24, 2.45) is 0 Å². The van der Waals surface area contributed by atoms with Crippen LogP contribution in [0.5, 0.6) is 0 Å². The van der Waals surface area contributed by atoms with Crippen LogP contribution in [0.3, 0.4) is 0 Å². The SMILES string of the molecule is CCCCCCn1c(SCCC#N)nnc1-c1ccc(Cl)cc1. The average Bonchev–Trinajstić information content (AvgIpc) is 2.96. The van der Waals surface area contributed by atoms with E-state index in [1.807, 2.05) is 24.3 Å². The summed E-state index contributed by atoms with van der Waals surface area (Å²) in [7, 11) is 0. The van der Waals surface area contributed by atoms with Crippen molar-refractivity contribution in [2.75, 3.05) is 5.75 Å². The average molecular weight is 349 g/mol. The zero-order valence-corrected chi connectivity index (χ0v) is 14.9. The molecule has 0 aliphatic rings. The summed E-state index contributed by atoms with van der Waals surface area (Å²) in [6.45, 7) is 3.11. The lowest BCUT2D eigenvalue weighted by Crippen LogP contribution is -2.03. The maximum atomic E-state index is 8.70. The van der Waals surface area contributed by atoms with Gasteiger partial charge in [-0.25, -0.2) is 0 Å². The quantitative estimate of drug-likeness (QED) is 0.462. The van der Waals surface area contributed by atoms with E-state index in [1.165, 1.54) is 19.3 Å². The maximum Gasteiger partial charge on any atom is 0.191 e. The summed E-state index contributed by atoms with van der Waals surface area (Å²) in [5.74, 6) is 1.61. The number of hydrogen-bond donors (Lipinski definition) is 0. The van der Waals surface area contributed by atoms with Gasteiger partial charge >= 0.3 is 0 Å². The van der Waals surface area contributed by atoms with Crippen molar-refractivity contribution in [3.63, 3.8) is 0 Å². The molecule has 0 spiro atoms. The fraction of sp³-hybridized carbons (Fsp3) is 0.471. The van der Waals surface area contributed by atoms with E-state index in [0.29, 0.717) is 11.4 Å². The molecule has 23 heavy (non-hydrogen) atoms. The molecule has 0 amide bonds. The number of rotatable bonds is 9. The number of benzene rings is 1. The van der Waals surface area contributed by atoms with Gasteiger partial charge in [-0.15, -0.1) is 10.2 Å². The van der Waals surface area contributed by atoms with E-state index in [4.69, 9.17) is 16.9 Å². The van der Waals surface area contributed by atoms with E-state index < -0.39 is 0 Å². The standard InChI is InChI=1S/C17H21ClN4S/c1-2-3-4-5-12-22-16(14-7-9-15(18)10-8-14)20-21-17(22)23-13-6-11-19/h7-10H,2-6,12-13H2,1H3.